The van der Waals surface area contributed by atoms with E-state index in [1.54, 1.807) is 32.3 Å². The van der Waals surface area contributed by atoms with Gasteiger partial charge in [-0.1, -0.05) is 36.4 Å². The van der Waals surface area contributed by atoms with Crippen LogP contribution in [0.1, 0.15) is 39.5 Å². The highest BCUT2D eigenvalue weighted by atomic mass is 16.5. The molecular weight excluding hydrogens is 432 g/mol. The predicted molar refractivity (Wildman–Crippen MR) is 128 cm³/mol. The minimum Gasteiger partial charge on any atom is -0.497 e. The van der Waals surface area contributed by atoms with Gasteiger partial charge in [0.25, 0.3) is 5.91 Å². The Hall–Kier alpha value is -4.00. The summed E-state index contributed by atoms with van der Waals surface area (Å²) >= 11 is 0. The number of nitrogens with one attached hydrogen (secondary N) is 1. The van der Waals surface area contributed by atoms with Gasteiger partial charge in [0.1, 0.15) is 5.75 Å². The summed E-state index contributed by atoms with van der Waals surface area (Å²) in [6.45, 7) is 0.806. The molecule has 0 radical (unpaired) electrons. The van der Waals surface area contributed by atoms with Gasteiger partial charge in [-0.2, -0.15) is 0 Å². The average Bonchev–Trinajstić information content (AvgIpc) is 3.21. The van der Waals surface area contributed by atoms with Gasteiger partial charge in [-0.25, -0.2) is 0 Å². The van der Waals surface area contributed by atoms with Crippen LogP contribution < -0.4 is 19.5 Å². The van der Waals surface area contributed by atoms with Crippen LogP contribution in [0.25, 0.3) is 0 Å². The Labute approximate surface area is 199 Å². The third-order valence-electron chi connectivity index (χ3n) is 6.02. The molecule has 1 heterocycles. The maximum absolute atomic E-state index is 13.2. The van der Waals surface area contributed by atoms with Gasteiger partial charge in [-0.05, 0) is 47.0 Å². The van der Waals surface area contributed by atoms with Crippen LogP contribution in [0.15, 0.2) is 66.7 Å². The fourth-order valence-electron chi connectivity index (χ4n) is 4.23. The second kappa shape index (κ2) is 10.3. The molecule has 4 rings (SSSR count). The summed E-state index contributed by atoms with van der Waals surface area (Å²) in [6, 6.07) is 20.1. The molecule has 176 valence electrons. The van der Waals surface area contributed by atoms with Crippen molar-refractivity contribution in [3.63, 3.8) is 0 Å². The van der Waals surface area contributed by atoms with Crippen molar-refractivity contribution in [1.82, 2.24) is 10.2 Å². The highest BCUT2D eigenvalue weighted by Crippen LogP contribution is 2.37. The summed E-state index contributed by atoms with van der Waals surface area (Å²) in [5.74, 6) is 1.62. The third kappa shape index (κ3) is 4.83. The summed E-state index contributed by atoms with van der Waals surface area (Å²) < 4.78 is 16.1. The van der Waals surface area contributed by atoms with E-state index in [-0.39, 0.29) is 18.2 Å². The number of benzene rings is 3. The number of fused-ring (bicyclic) bond motifs is 1. The Bertz CT molecular complexity index is 1190. The molecule has 0 unspecified atom stereocenters. The Balaban J connectivity index is 1.58. The highest BCUT2D eigenvalue weighted by molar-refractivity contribution is 5.98. The molecular formula is C27H28N2O5. The first-order valence-electron chi connectivity index (χ1n) is 11.0. The van der Waals surface area contributed by atoms with Crippen LogP contribution in [0.5, 0.6) is 17.2 Å². The number of ether oxygens (including phenoxy) is 3. The van der Waals surface area contributed by atoms with Crippen molar-refractivity contribution in [2.75, 3.05) is 21.3 Å². The van der Waals surface area contributed by atoms with E-state index in [0.29, 0.717) is 30.2 Å². The standard InChI is InChI=1S/C27H28N2O5/c1-32-21-9-6-7-18(13-21)16-28-26(30)15-23(19-11-12-24(33-2)25(14-19)34-3)29-17-20-8-4-5-10-22(20)27(29)31/h4-14,23H,15-17H2,1-3H3,(H,28,30)/t23-/m0/s1. The van der Waals surface area contributed by atoms with E-state index in [9.17, 15) is 9.59 Å². The van der Waals surface area contributed by atoms with Gasteiger partial charge < -0.3 is 24.4 Å². The first kappa shape index (κ1) is 23.2. The smallest absolute Gasteiger partial charge is 0.255 e. The molecule has 1 N–H and O–H groups in total. The fraction of sp³-hybridized carbons (Fsp3) is 0.259. The van der Waals surface area contributed by atoms with Crippen molar-refractivity contribution in [2.24, 2.45) is 0 Å². The summed E-state index contributed by atoms with van der Waals surface area (Å²) in [5.41, 5.74) is 3.36. The van der Waals surface area contributed by atoms with Crippen molar-refractivity contribution >= 4 is 11.8 Å². The van der Waals surface area contributed by atoms with Crippen LogP contribution in [0.4, 0.5) is 0 Å². The molecule has 2 amide bonds. The number of hydrogen-bond acceptors (Lipinski definition) is 5. The van der Waals surface area contributed by atoms with Gasteiger partial charge in [-0.15, -0.1) is 0 Å². The molecule has 0 saturated heterocycles. The van der Waals surface area contributed by atoms with Gasteiger partial charge in [0.2, 0.25) is 5.91 Å². The maximum Gasteiger partial charge on any atom is 0.255 e. The zero-order valence-electron chi connectivity index (χ0n) is 19.5. The molecule has 3 aromatic rings. The number of nitrogens with zero attached hydrogens (tertiary/aromatic N) is 1. The maximum atomic E-state index is 13.2. The lowest BCUT2D eigenvalue weighted by atomic mass is 10.0. The average molecular weight is 461 g/mol. The van der Waals surface area contributed by atoms with Crippen molar-refractivity contribution in [3.05, 3.63) is 89.0 Å². The van der Waals surface area contributed by atoms with Crippen molar-refractivity contribution in [2.45, 2.75) is 25.6 Å². The van der Waals surface area contributed by atoms with E-state index in [2.05, 4.69) is 5.32 Å². The quantitative estimate of drug-likeness (QED) is 0.520. The van der Waals surface area contributed by atoms with Crippen molar-refractivity contribution < 1.29 is 23.8 Å². The number of hydrogen-bond donors (Lipinski definition) is 1. The van der Waals surface area contributed by atoms with Gasteiger partial charge in [-0.3, -0.25) is 9.59 Å². The molecule has 0 spiro atoms. The van der Waals surface area contributed by atoms with Gasteiger partial charge in [0.15, 0.2) is 11.5 Å². The zero-order chi connectivity index (χ0) is 24.1. The topological polar surface area (TPSA) is 77.1 Å². The molecule has 34 heavy (non-hydrogen) atoms. The Morgan fingerprint density at radius 1 is 0.941 bits per heavy atom. The lowest BCUT2D eigenvalue weighted by Gasteiger charge is -2.28. The number of carbonyl (C=O) groups excluding carboxylic acids is 2. The highest BCUT2D eigenvalue weighted by Gasteiger charge is 2.34. The van der Waals surface area contributed by atoms with E-state index in [1.807, 2.05) is 60.7 Å². The summed E-state index contributed by atoms with van der Waals surface area (Å²) in [4.78, 5) is 28.0. The SMILES string of the molecule is COc1cccc(CNC(=O)C[C@@H](c2ccc(OC)c(OC)c2)N2Cc3ccccc3C2=O)c1. The molecule has 0 saturated carbocycles. The fourth-order valence-corrected chi connectivity index (χ4v) is 4.23. The second-order valence-electron chi connectivity index (χ2n) is 8.05. The largest absolute Gasteiger partial charge is 0.497 e. The first-order valence-corrected chi connectivity index (χ1v) is 11.0. The number of amides is 2. The molecule has 3 aromatic carbocycles. The molecule has 0 bridgehead atoms. The van der Waals surface area contributed by atoms with Crippen LogP contribution in [0.2, 0.25) is 0 Å². The molecule has 7 heteroatoms. The van der Waals surface area contributed by atoms with Gasteiger partial charge in [0.05, 0.1) is 33.8 Å². The van der Waals surface area contributed by atoms with Crippen molar-refractivity contribution in [1.29, 1.82) is 0 Å². The minimum atomic E-state index is -0.468. The van der Waals surface area contributed by atoms with E-state index in [1.165, 1.54) is 0 Å². The van der Waals surface area contributed by atoms with Gasteiger partial charge in [0, 0.05) is 18.7 Å². The van der Waals surface area contributed by atoms with E-state index in [0.717, 1.165) is 22.4 Å². The van der Waals surface area contributed by atoms with E-state index < -0.39 is 6.04 Å². The van der Waals surface area contributed by atoms with Crippen LogP contribution in [0.3, 0.4) is 0 Å². The Morgan fingerprint density at radius 3 is 2.47 bits per heavy atom. The molecule has 1 aliphatic rings. The lowest BCUT2D eigenvalue weighted by Crippen LogP contribution is -2.34. The molecule has 1 aliphatic heterocycles. The van der Waals surface area contributed by atoms with Crippen LogP contribution in [0, 0.1) is 0 Å². The van der Waals surface area contributed by atoms with Crippen LogP contribution in [-0.4, -0.2) is 38.0 Å². The van der Waals surface area contributed by atoms with E-state index in [4.69, 9.17) is 14.2 Å². The number of methoxy groups -OCH3 is 3. The molecule has 0 fully saturated rings. The molecule has 0 aromatic heterocycles. The zero-order valence-corrected chi connectivity index (χ0v) is 19.5. The second-order valence-corrected chi connectivity index (χ2v) is 8.05. The molecule has 1 atom stereocenters. The minimum absolute atomic E-state index is 0.0871. The monoisotopic (exact) mass is 460 g/mol. The molecule has 7 nitrogen and oxygen atoms in total. The first-order chi connectivity index (χ1) is 16.5. The van der Waals surface area contributed by atoms with Gasteiger partial charge >= 0.3 is 0 Å². The van der Waals surface area contributed by atoms with E-state index >= 15 is 0 Å². The predicted octanol–water partition coefficient (Wildman–Crippen LogP) is 4.12. The third-order valence-corrected chi connectivity index (χ3v) is 6.02. The summed E-state index contributed by atoms with van der Waals surface area (Å²) in [6.07, 6.45) is 0.110. The lowest BCUT2D eigenvalue weighted by molar-refractivity contribution is -0.122. The normalized spacial score (nSPS) is 13.3. The van der Waals surface area contributed by atoms with Crippen LogP contribution in [-0.2, 0) is 17.9 Å². The van der Waals surface area contributed by atoms with Crippen LogP contribution >= 0.6 is 0 Å². The Kier molecular flexibility index (Phi) is 7.01. The molecule has 0 aliphatic carbocycles. The van der Waals surface area contributed by atoms with Crippen molar-refractivity contribution in [3.8, 4) is 17.2 Å². The summed E-state index contributed by atoms with van der Waals surface area (Å²) in [5, 5.41) is 2.97. The Morgan fingerprint density at radius 2 is 1.74 bits per heavy atom. The summed E-state index contributed by atoms with van der Waals surface area (Å²) in [7, 11) is 4.74. The number of rotatable bonds is 9. The number of carbonyl (C=O) groups is 2.